The minimum absolute atomic E-state index is 0.185. The summed E-state index contributed by atoms with van der Waals surface area (Å²) in [5, 5.41) is 3.12. The predicted octanol–water partition coefficient (Wildman–Crippen LogP) is 2.55. The predicted molar refractivity (Wildman–Crippen MR) is 81.2 cm³/mol. The van der Waals surface area contributed by atoms with Crippen LogP contribution >= 0.6 is 11.3 Å². The summed E-state index contributed by atoms with van der Waals surface area (Å²) in [7, 11) is 0. The van der Waals surface area contributed by atoms with E-state index in [1.807, 2.05) is 0 Å². The van der Waals surface area contributed by atoms with Crippen LogP contribution in [0.1, 0.15) is 22.3 Å². The molecule has 1 amide bonds. The van der Waals surface area contributed by atoms with E-state index in [0.29, 0.717) is 15.6 Å². The average molecular weight is 322 g/mol. The number of rotatable bonds is 5. The van der Waals surface area contributed by atoms with E-state index >= 15 is 0 Å². The van der Waals surface area contributed by atoms with Crippen LogP contribution in [-0.2, 0) is 9.53 Å². The van der Waals surface area contributed by atoms with Crippen LogP contribution in [0.3, 0.4) is 0 Å². The third kappa shape index (κ3) is 3.88. The van der Waals surface area contributed by atoms with Gasteiger partial charge in [-0.25, -0.2) is 9.37 Å². The molecule has 0 radical (unpaired) electrons. The summed E-state index contributed by atoms with van der Waals surface area (Å²) in [5.74, 6) is -1.20. The first-order chi connectivity index (χ1) is 10.5. The maximum atomic E-state index is 12.9. The molecule has 0 atom stereocenters. The number of thiazole rings is 1. The number of carbonyl (C=O) groups excluding carboxylic acids is 2. The summed E-state index contributed by atoms with van der Waals surface area (Å²) in [4.78, 5) is 28.0. The molecule has 2 aromatic rings. The van der Waals surface area contributed by atoms with E-state index in [4.69, 9.17) is 4.74 Å². The van der Waals surface area contributed by atoms with Crippen LogP contribution in [0, 0.1) is 12.7 Å². The van der Waals surface area contributed by atoms with Crippen molar-refractivity contribution in [2.24, 2.45) is 0 Å². The van der Waals surface area contributed by atoms with Gasteiger partial charge in [-0.2, -0.15) is 0 Å². The van der Waals surface area contributed by atoms with Gasteiger partial charge < -0.3 is 10.1 Å². The van der Waals surface area contributed by atoms with E-state index in [0.717, 1.165) is 5.56 Å². The molecule has 0 saturated carbocycles. The maximum Gasteiger partial charge on any atom is 0.325 e. The van der Waals surface area contributed by atoms with Crippen LogP contribution in [0.5, 0.6) is 0 Å². The van der Waals surface area contributed by atoms with Gasteiger partial charge >= 0.3 is 5.97 Å². The quantitative estimate of drug-likeness (QED) is 0.859. The summed E-state index contributed by atoms with van der Waals surface area (Å²) < 4.78 is 17.7. The van der Waals surface area contributed by atoms with Crippen LogP contribution in [0.2, 0.25) is 0 Å². The lowest BCUT2D eigenvalue weighted by Gasteiger charge is -2.03. The Labute approximate surface area is 131 Å². The van der Waals surface area contributed by atoms with Crippen LogP contribution in [0.4, 0.5) is 4.39 Å². The van der Waals surface area contributed by atoms with Crippen molar-refractivity contribution in [1.29, 1.82) is 0 Å². The van der Waals surface area contributed by atoms with Crippen molar-refractivity contribution in [3.05, 3.63) is 40.7 Å². The molecule has 0 fully saturated rings. The van der Waals surface area contributed by atoms with Crippen LogP contribution in [0.15, 0.2) is 24.3 Å². The second-order valence-corrected chi connectivity index (χ2v) is 5.43. The van der Waals surface area contributed by atoms with Crippen molar-refractivity contribution in [3.8, 4) is 10.6 Å². The fraction of sp³-hybridized carbons (Fsp3) is 0.267. The topological polar surface area (TPSA) is 68.3 Å². The van der Waals surface area contributed by atoms with E-state index in [-0.39, 0.29) is 24.9 Å². The molecule has 116 valence electrons. The van der Waals surface area contributed by atoms with Crippen LogP contribution < -0.4 is 5.32 Å². The molecule has 0 aliphatic rings. The van der Waals surface area contributed by atoms with Gasteiger partial charge in [0.25, 0.3) is 5.91 Å². The first-order valence-electron chi connectivity index (χ1n) is 6.68. The molecule has 0 spiro atoms. The molecule has 1 heterocycles. The second-order valence-electron chi connectivity index (χ2n) is 4.43. The van der Waals surface area contributed by atoms with Gasteiger partial charge in [0.15, 0.2) is 0 Å². The van der Waals surface area contributed by atoms with Gasteiger partial charge in [-0.05, 0) is 38.1 Å². The molecule has 1 aromatic carbocycles. The maximum absolute atomic E-state index is 12.9. The number of esters is 1. The van der Waals surface area contributed by atoms with E-state index in [2.05, 4.69) is 10.3 Å². The van der Waals surface area contributed by atoms with Crippen LogP contribution in [0.25, 0.3) is 10.6 Å². The number of benzene rings is 1. The average Bonchev–Trinajstić information content (AvgIpc) is 2.88. The Bertz CT molecular complexity index is 683. The molecule has 0 saturated heterocycles. The number of amides is 1. The first-order valence-corrected chi connectivity index (χ1v) is 7.50. The normalized spacial score (nSPS) is 10.3. The number of halogens is 1. The van der Waals surface area contributed by atoms with Gasteiger partial charge in [0, 0.05) is 5.56 Å². The largest absolute Gasteiger partial charge is 0.465 e. The number of aryl methyl sites for hydroxylation is 1. The molecule has 22 heavy (non-hydrogen) atoms. The zero-order chi connectivity index (χ0) is 16.1. The first kappa shape index (κ1) is 16.1. The number of hydrogen-bond donors (Lipinski definition) is 1. The third-order valence-electron chi connectivity index (χ3n) is 2.79. The van der Waals surface area contributed by atoms with Gasteiger partial charge in [-0.15, -0.1) is 11.3 Å². The van der Waals surface area contributed by atoms with Crippen molar-refractivity contribution in [2.45, 2.75) is 13.8 Å². The van der Waals surface area contributed by atoms with Crippen molar-refractivity contribution < 1.29 is 18.7 Å². The molecule has 0 aliphatic carbocycles. The van der Waals surface area contributed by atoms with Crippen molar-refractivity contribution in [3.63, 3.8) is 0 Å². The highest BCUT2D eigenvalue weighted by Crippen LogP contribution is 2.27. The van der Waals surface area contributed by atoms with E-state index in [1.165, 1.54) is 23.5 Å². The lowest BCUT2D eigenvalue weighted by molar-refractivity contribution is -0.141. The van der Waals surface area contributed by atoms with E-state index in [1.54, 1.807) is 26.0 Å². The second kappa shape index (κ2) is 7.13. The summed E-state index contributed by atoms with van der Waals surface area (Å²) in [5.41, 5.74) is 1.30. The van der Waals surface area contributed by atoms with Gasteiger partial charge in [0.1, 0.15) is 22.2 Å². The number of nitrogens with one attached hydrogen (secondary N) is 1. The van der Waals surface area contributed by atoms with Crippen LogP contribution in [-0.4, -0.2) is 30.0 Å². The number of ether oxygens (including phenoxy) is 1. The van der Waals surface area contributed by atoms with Gasteiger partial charge in [-0.1, -0.05) is 0 Å². The lowest BCUT2D eigenvalue weighted by atomic mass is 10.2. The SMILES string of the molecule is CCOC(=O)CNC(=O)c1sc(-c2ccc(F)cc2)nc1C. The summed E-state index contributed by atoms with van der Waals surface area (Å²) in [6, 6.07) is 5.89. The smallest absolute Gasteiger partial charge is 0.325 e. The molecule has 0 aliphatic heterocycles. The Morgan fingerprint density at radius 1 is 1.32 bits per heavy atom. The minimum atomic E-state index is -0.489. The standard InChI is InChI=1S/C15H15FN2O3S/c1-3-21-12(19)8-17-14(20)13-9(2)18-15(22-13)10-4-6-11(16)7-5-10/h4-7H,3,8H2,1-2H3,(H,17,20). The monoisotopic (exact) mass is 322 g/mol. The molecule has 0 bridgehead atoms. The Kier molecular flexibility index (Phi) is 5.21. The fourth-order valence-electron chi connectivity index (χ4n) is 1.77. The zero-order valence-electron chi connectivity index (χ0n) is 12.2. The molecular weight excluding hydrogens is 307 g/mol. The Hall–Kier alpha value is -2.28. The molecule has 1 N–H and O–H groups in total. The minimum Gasteiger partial charge on any atom is -0.465 e. The summed E-state index contributed by atoms with van der Waals surface area (Å²) >= 11 is 1.19. The lowest BCUT2D eigenvalue weighted by Crippen LogP contribution is -2.30. The highest BCUT2D eigenvalue weighted by Gasteiger charge is 2.17. The van der Waals surface area contributed by atoms with E-state index in [9.17, 15) is 14.0 Å². The van der Waals surface area contributed by atoms with Crippen molar-refractivity contribution in [1.82, 2.24) is 10.3 Å². The zero-order valence-corrected chi connectivity index (χ0v) is 13.0. The Morgan fingerprint density at radius 2 is 2.00 bits per heavy atom. The number of hydrogen-bond acceptors (Lipinski definition) is 5. The Balaban J connectivity index is 2.10. The summed E-state index contributed by atoms with van der Waals surface area (Å²) in [6.45, 7) is 3.49. The molecule has 1 aromatic heterocycles. The van der Waals surface area contributed by atoms with Gasteiger partial charge in [0.05, 0.1) is 12.3 Å². The Morgan fingerprint density at radius 3 is 2.64 bits per heavy atom. The van der Waals surface area contributed by atoms with Gasteiger partial charge in [-0.3, -0.25) is 9.59 Å². The highest BCUT2D eigenvalue weighted by atomic mass is 32.1. The molecule has 0 unspecified atom stereocenters. The van der Waals surface area contributed by atoms with Crippen molar-refractivity contribution >= 4 is 23.2 Å². The van der Waals surface area contributed by atoms with Crippen molar-refractivity contribution in [2.75, 3.05) is 13.2 Å². The number of nitrogens with zero attached hydrogens (tertiary/aromatic N) is 1. The van der Waals surface area contributed by atoms with Gasteiger partial charge in [0.2, 0.25) is 0 Å². The van der Waals surface area contributed by atoms with E-state index < -0.39 is 5.97 Å². The molecule has 2 rings (SSSR count). The molecular formula is C15H15FN2O3S. The number of aromatic nitrogens is 1. The molecule has 7 heteroatoms. The molecule has 5 nitrogen and oxygen atoms in total. The number of carbonyl (C=O) groups is 2. The third-order valence-corrected chi connectivity index (χ3v) is 4.00. The fourth-order valence-corrected chi connectivity index (χ4v) is 2.76. The summed E-state index contributed by atoms with van der Waals surface area (Å²) in [6.07, 6.45) is 0. The highest BCUT2D eigenvalue weighted by molar-refractivity contribution is 7.17.